The van der Waals surface area contributed by atoms with Crippen LogP contribution in [0, 0.1) is 0 Å². The van der Waals surface area contributed by atoms with E-state index >= 15 is 0 Å². The Labute approximate surface area is 290 Å². The van der Waals surface area contributed by atoms with Gasteiger partial charge in [0, 0.05) is 35.1 Å². The van der Waals surface area contributed by atoms with E-state index < -0.39 is 11.9 Å². The van der Waals surface area contributed by atoms with E-state index in [0.717, 1.165) is 56.0 Å². The molecule has 0 fully saturated rings. The minimum absolute atomic E-state index is 0. The van der Waals surface area contributed by atoms with Crippen molar-refractivity contribution in [2.75, 3.05) is 0 Å². The molecule has 6 nitrogen and oxygen atoms in total. The summed E-state index contributed by atoms with van der Waals surface area (Å²) in [5.41, 5.74) is 7.92. The van der Waals surface area contributed by atoms with Crippen LogP contribution in [0.25, 0.3) is 0 Å². The van der Waals surface area contributed by atoms with Crippen LogP contribution in [-0.4, -0.2) is 11.9 Å². The molecule has 240 valence electrons. The zero-order chi connectivity index (χ0) is 33.4. The number of carbonyl (C=O) groups is 2. The van der Waals surface area contributed by atoms with Crippen LogP contribution in [0.5, 0.6) is 23.0 Å². The summed E-state index contributed by atoms with van der Waals surface area (Å²) in [6.45, 7) is 16.4. The summed E-state index contributed by atoms with van der Waals surface area (Å²) in [6.07, 6.45) is 1.12. The number of aromatic carboxylic acids is 2. The first kappa shape index (κ1) is 35.9. The van der Waals surface area contributed by atoms with E-state index in [9.17, 15) is 19.8 Å². The predicted octanol–water partition coefficient (Wildman–Crippen LogP) is 7.98. The van der Waals surface area contributed by atoms with Crippen molar-refractivity contribution >= 4 is 11.9 Å². The molecule has 2 aliphatic heterocycles. The van der Waals surface area contributed by atoms with Crippen LogP contribution in [0.15, 0.2) is 60.7 Å². The van der Waals surface area contributed by atoms with E-state index in [1.807, 2.05) is 88.4 Å². The Kier molecular flexibility index (Phi) is 11.0. The fourth-order valence-electron chi connectivity index (χ4n) is 6.79. The monoisotopic (exact) mass is 682 g/mol. The van der Waals surface area contributed by atoms with Crippen molar-refractivity contribution in [3.8, 4) is 23.0 Å². The van der Waals surface area contributed by atoms with E-state index in [4.69, 9.17) is 9.47 Å². The maximum atomic E-state index is 11.9. The summed E-state index contributed by atoms with van der Waals surface area (Å²) in [6, 6.07) is 19.5. The van der Waals surface area contributed by atoms with Gasteiger partial charge in [0.15, 0.2) is 0 Å². The van der Waals surface area contributed by atoms with Crippen molar-refractivity contribution in [2.45, 2.75) is 91.9 Å². The second kappa shape index (κ2) is 14.4. The first-order valence-electron chi connectivity index (χ1n) is 16.1. The maximum Gasteiger partial charge on any atom is 2.00 e. The van der Waals surface area contributed by atoms with Gasteiger partial charge in [-0.1, -0.05) is 91.8 Å². The molecule has 0 aromatic heterocycles. The third-order valence-corrected chi connectivity index (χ3v) is 8.86. The molecule has 47 heavy (non-hydrogen) atoms. The molecule has 0 saturated carbocycles. The third-order valence-electron chi connectivity index (χ3n) is 8.86. The second-order valence-electron chi connectivity index (χ2n) is 13.4. The minimum Gasteiger partial charge on any atom is -0.545 e. The number of para-hydroxylation sites is 2. The molecule has 0 amide bonds. The third kappa shape index (κ3) is 7.01. The molecule has 0 spiro atoms. The van der Waals surface area contributed by atoms with Gasteiger partial charge in [0.2, 0.25) is 0 Å². The first-order valence-corrected chi connectivity index (χ1v) is 16.1. The van der Waals surface area contributed by atoms with E-state index in [1.165, 1.54) is 0 Å². The number of carboxylic acid groups (broad SMARTS) is 2. The van der Waals surface area contributed by atoms with Gasteiger partial charge in [-0.3, -0.25) is 0 Å². The SMILES string of the molecule is CC(C)c1cc2c(c(C(=O)[O-])c1C(C)C)Cc1ccccc1O2.CC(C)c1cc2c(c(C(=O)[O-])c1C(C)C)Cc1ccccc1O2.[Zn+2]. The van der Waals surface area contributed by atoms with Crippen molar-refractivity contribution in [1.82, 2.24) is 0 Å². The molecule has 2 heterocycles. The maximum absolute atomic E-state index is 11.9. The Hall–Kier alpha value is -3.96. The normalized spacial score (nSPS) is 12.5. The molecule has 6 rings (SSSR count). The van der Waals surface area contributed by atoms with E-state index in [0.29, 0.717) is 35.5 Å². The molecule has 0 saturated heterocycles. The van der Waals surface area contributed by atoms with Crippen molar-refractivity contribution in [3.05, 3.63) is 116 Å². The van der Waals surface area contributed by atoms with Gasteiger partial charge in [-0.25, -0.2) is 0 Å². The van der Waals surface area contributed by atoms with Crippen LogP contribution in [0.4, 0.5) is 0 Å². The Bertz CT molecular complexity index is 1690. The zero-order valence-electron chi connectivity index (χ0n) is 28.7. The fraction of sp³-hybridized carbons (Fsp3) is 0.350. The number of hydrogen-bond donors (Lipinski definition) is 0. The number of benzene rings is 4. The summed E-state index contributed by atoms with van der Waals surface area (Å²) in [5, 5.41) is 23.8. The predicted molar refractivity (Wildman–Crippen MR) is 177 cm³/mol. The standard InChI is InChI=1S/2C20H22O3.Zn/c2*1-11(2)14-10-17-15(19(20(21)22)18(14)12(3)4)9-13-7-5-6-8-16(13)23-17;/h2*5-8,10-12H,9H2,1-4H3,(H,21,22);/q;;+2/p-2. The van der Waals surface area contributed by atoms with Gasteiger partial charge in [0.1, 0.15) is 23.0 Å². The van der Waals surface area contributed by atoms with Crippen molar-refractivity contribution < 1.29 is 48.8 Å². The van der Waals surface area contributed by atoms with Crippen molar-refractivity contribution in [1.29, 1.82) is 0 Å². The van der Waals surface area contributed by atoms with Crippen molar-refractivity contribution in [2.24, 2.45) is 0 Å². The van der Waals surface area contributed by atoms with Gasteiger partial charge < -0.3 is 29.3 Å². The molecule has 0 N–H and O–H groups in total. The van der Waals surface area contributed by atoms with Gasteiger partial charge >= 0.3 is 19.5 Å². The Morgan fingerprint density at radius 1 is 0.553 bits per heavy atom. The van der Waals surface area contributed by atoms with Gasteiger partial charge in [0.05, 0.1) is 11.9 Å². The molecule has 0 aliphatic carbocycles. The number of fused-ring (bicyclic) bond motifs is 4. The van der Waals surface area contributed by atoms with Crippen LogP contribution in [0.1, 0.15) is 144 Å². The van der Waals surface area contributed by atoms with Gasteiger partial charge in [-0.15, -0.1) is 0 Å². The summed E-state index contributed by atoms with van der Waals surface area (Å²) >= 11 is 0. The number of rotatable bonds is 6. The molecule has 4 aromatic rings. The topological polar surface area (TPSA) is 98.7 Å². The summed E-state index contributed by atoms with van der Waals surface area (Å²) < 4.78 is 12.0. The van der Waals surface area contributed by atoms with Crippen molar-refractivity contribution in [3.63, 3.8) is 0 Å². The summed E-state index contributed by atoms with van der Waals surface area (Å²) in [7, 11) is 0. The average molecular weight is 684 g/mol. The quantitative estimate of drug-likeness (QED) is 0.165. The van der Waals surface area contributed by atoms with Crippen LogP contribution in [0.3, 0.4) is 0 Å². The molecule has 0 unspecified atom stereocenters. The zero-order valence-corrected chi connectivity index (χ0v) is 31.6. The van der Waals surface area contributed by atoms with E-state index in [2.05, 4.69) is 27.7 Å². The molecular formula is C40H42O6Zn. The van der Waals surface area contributed by atoms with Gasteiger partial charge in [-0.2, -0.15) is 0 Å². The van der Waals surface area contributed by atoms with Crippen LogP contribution in [-0.2, 0) is 32.3 Å². The number of carbonyl (C=O) groups excluding carboxylic acids is 2. The van der Waals surface area contributed by atoms with E-state index in [1.54, 1.807) is 0 Å². The minimum atomic E-state index is -1.12. The smallest absolute Gasteiger partial charge is 0.545 e. The van der Waals surface area contributed by atoms with E-state index in [-0.39, 0.29) is 43.1 Å². The number of ether oxygens (including phenoxy) is 2. The number of hydrogen-bond acceptors (Lipinski definition) is 6. The average Bonchev–Trinajstić information content (AvgIpc) is 3.00. The molecule has 0 atom stereocenters. The molecule has 2 aliphatic rings. The second-order valence-corrected chi connectivity index (χ2v) is 13.4. The molecule has 0 bridgehead atoms. The molecule has 4 aromatic carbocycles. The Morgan fingerprint density at radius 3 is 1.19 bits per heavy atom. The van der Waals surface area contributed by atoms with Crippen LogP contribution in [0.2, 0.25) is 0 Å². The Balaban J connectivity index is 0.000000208. The van der Waals surface area contributed by atoms with Crippen LogP contribution < -0.4 is 19.7 Å². The molecule has 0 radical (unpaired) electrons. The van der Waals surface area contributed by atoms with Gasteiger partial charge in [-0.05, 0) is 81.3 Å². The molecular weight excluding hydrogens is 642 g/mol. The summed E-state index contributed by atoms with van der Waals surface area (Å²) in [5.74, 6) is 1.34. The fourth-order valence-corrected chi connectivity index (χ4v) is 6.79. The Morgan fingerprint density at radius 2 is 0.894 bits per heavy atom. The van der Waals surface area contributed by atoms with Crippen LogP contribution >= 0.6 is 0 Å². The number of carboxylic acids is 2. The van der Waals surface area contributed by atoms with Gasteiger partial charge in [0.25, 0.3) is 0 Å². The first-order chi connectivity index (χ1) is 21.8. The largest absolute Gasteiger partial charge is 2.00 e. The summed E-state index contributed by atoms with van der Waals surface area (Å²) in [4.78, 5) is 23.8. The molecule has 7 heteroatoms.